The molecule has 0 aromatic carbocycles. The number of pyridine rings is 1. The predicted molar refractivity (Wildman–Crippen MR) is 113 cm³/mol. The highest BCUT2D eigenvalue weighted by Gasteiger charge is 2.30. The summed E-state index contributed by atoms with van der Waals surface area (Å²) in [6.45, 7) is 10.2. The molecule has 0 unspecified atom stereocenters. The Balaban J connectivity index is 1.82. The number of hydrogen-bond acceptors (Lipinski definition) is 5. The van der Waals surface area contributed by atoms with E-state index in [-0.39, 0.29) is 17.7 Å². The van der Waals surface area contributed by atoms with Gasteiger partial charge < -0.3 is 0 Å². The molecule has 0 saturated carbocycles. The first-order valence-corrected chi connectivity index (χ1v) is 10.7. The molecule has 0 fully saturated rings. The summed E-state index contributed by atoms with van der Waals surface area (Å²) < 4.78 is 2.12. The molecule has 146 valence electrons. The molecule has 0 atom stereocenters. The average Bonchev–Trinajstić information content (AvgIpc) is 3.23. The molecule has 4 rings (SSSR count). The zero-order valence-corrected chi connectivity index (χ0v) is 17.9. The van der Waals surface area contributed by atoms with E-state index in [0.29, 0.717) is 6.42 Å². The first kappa shape index (κ1) is 19.0. The molecule has 3 aromatic heterocycles. The molecule has 1 aliphatic carbocycles. The van der Waals surface area contributed by atoms with Gasteiger partial charge in [-0.3, -0.25) is 14.5 Å². The van der Waals surface area contributed by atoms with Crippen molar-refractivity contribution in [2.45, 2.75) is 59.9 Å². The van der Waals surface area contributed by atoms with Gasteiger partial charge in [0.05, 0.1) is 28.4 Å². The largest absolute Gasteiger partial charge is 0.299 e. The van der Waals surface area contributed by atoms with Gasteiger partial charge in [-0.05, 0) is 45.7 Å². The fourth-order valence-electron chi connectivity index (χ4n) is 3.59. The van der Waals surface area contributed by atoms with Crippen molar-refractivity contribution in [2.75, 3.05) is 0 Å². The van der Waals surface area contributed by atoms with E-state index in [1.807, 2.05) is 33.0 Å². The highest BCUT2D eigenvalue weighted by molar-refractivity contribution is 7.15. The minimum atomic E-state index is 0.0401. The van der Waals surface area contributed by atoms with Crippen molar-refractivity contribution in [3.63, 3.8) is 0 Å². The fraction of sp³-hybridized carbons (Fsp3) is 0.455. The number of aryl methyl sites for hydroxylation is 2. The van der Waals surface area contributed by atoms with Crippen molar-refractivity contribution in [2.24, 2.45) is 5.92 Å². The molecule has 3 aromatic rings. The molecular weight excluding hydrogens is 368 g/mol. The van der Waals surface area contributed by atoms with Crippen molar-refractivity contribution < 1.29 is 4.79 Å². The molecule has 0 spiro atoms. The summed E-state index contributed by atoms with van der Waals surface area (Å²) in [6.07, 6.45) is 4.15. The Morgan fingerprint density at radius 1 is 1.21 bits per heavy atom. The molecular formula is C22H26N4OS. The van der Waals surface area contributed by atoms with Crippen molar-refractivity contribution in [1.82, 2.24) is 19.7 Å². The maximum Gasteiger partial charge on any atom is 0.142 e. The topological polar surface area (TPSA) is 60.7 Å². The molecule has 0 aliphatic heterocycles. The maximum absolute atomic E-state index is 12.2. The molecule has 0 amide bonds. The number of carbonyl (C=O) groups is 1. The summed E-state index contributed by atoms with van der Waals surface area (Å²) >= 11 is 1.66. The van der Waals surface area contributed by atoms with Crippen LogP contribution in [0, 0.1) is 12.8 Å². The van der Waals surface area contributed by atoms with Crippen LogP contribution in [0.5, 0.6) is 0 Å². The van der Waals surface area contributed by atoms with Gasteiger partial charge in [-0.15, -0.1) is 11.3 Å². The third-order valence-corrected chi connectivity index (χ3v) is 6.32. The Hall–Kier alpha value is -2.34. The van der Waals surface area contributed by atoms with Crippen molar-refractivity contribution in [1.29, 1.82) is 0 Å². The minimum Gasteiger partial charge on any atom is -0.299 e. The summed E-state index contributed by atoms with van der Waals surface area (Å²) in [5.74, 6) is 0.286. The van der Waals surface area contributed by atoms with Crippen molar-refractivity contribution >= 4 is 17.1 Å². The number of nitrogens with zero attached hydrogens (tertiary/aromatic N) is 4. The molecule has 5 nitrogen and oxygen atoms in total. The van der Waals surface area contributed by atoms with Crippen LogP contribution in [0.4, 0.5) is 0 Å². The van der Waals surface area contributed by atoms with E-state index in [9.17, 15) is 4.79 Å². The Morgan fingerprint density at radius 2 is 2.00 bits per heavy atom. The molecule has 0 saturated heterocycles. The lowest BCUT2D eigenvalue weighted by atomic mass is 9.95. The molecule has 6 heteroatoms. The number of thiazole rings is 1. The second-order valence-electron chi connectivity index (χ2n) is 8.08. The van der Waals surface area contributed by atoms with Crippen molar-refractivity contribution in [3.05, 3.63) is 40.3 Å². The van der Waals surface area contributed by atoms with Crippen LogP contribution >= 0.6 is 11.3 Å². The quantitative estimate of drug-likeness (QED) is 0.622. The molecule has 3 heterocycles. The van der Waals surface area contributed by atoms with Gasteiger partial charge >= 0.3 is 0 Å². The van der Waals surface area contributed by atoms with Gasteiger partial charge in [0, 0.05) is 35.0 Å². The van der Waals surface area contributed by atoms with Crippen molar-refractivity contribution in [3.8, 4) is 21.8 Å². The van der Waals surface area contributed by atoms with Crippen LogP contribution in [0.15, 0.2) is 18.3 Å². The second kappa shape index (κ2) is 7.24. The lowest BCUT2D eigenvalue weighted by Gasteiger charge is -2.16. The normalized spacial score (nSPS) is 13.1. The lowest BCUT2D eigenvalue weighted by molar-refractivity contribution is -0.121. The average molecular weight is 395 g/mol. The van der Waals surface area contributed by atoms with Gasteiger partial charge in [0.15, 0.2) is 0 Å². The Morgan fingerprint density at radius 3 is 2.64 bits per heavy atom. The summed E-state index contributed by atoms with van der Waals surface area (Å²) in [7, 11) is 0. The molecule has 1 aliphatic rings. The summed E-state index contributed by atoms with van der Waals surface area (Å²) in [5, 5.41) is 5.90. The van der Waals surface area contributed by atoms with Gasteiger partial charge in [-0.2, -0.15) is 5.10 Å². The third kappa shape index (κ3) is 3.30. The minimum absolute atomic E-state index is 0.0401. The van der Waals surface area contributed by atoms with E-state index in [2.05, 4.69) is 29.6 Å². The zero-order chi connectivity index (χ0) is 20.0. The monoisotopic (exact) mass is 394 g/mol. The third-order valence-electron chi connectivity index (χ3n) is 5.22. The van der Waals surface area contributed by atoms with E-state index < -0.39 is 0 Å². The molecule has 0 radical (unpaired) electrons. The standard InChI is InChI=1S/C22H26N4OS/c1-12(2)18(27)10-19-24-17-9-8-16-20(15-7-6-14(5)23-11-15)25-26(13(3)4)21(16)22(17)28-19/h6-7,11-13H,8-10H2,1-5H3. The smallest absolute Gasteiger partial charge is 0.142 e. The first-order valence-electron chi connectivity index (χ1n) is 9.91. The van der Waals surface area contributed by atoms with Crippen LogP contribution < -0.4 is 0 Å². The van der Waals surface area contributed by atoms with Gasteiger partial charge in [-0.25, -0.2) is 4.98 Å². The summed E-state index contributed by atoms with van der Waals surface area (Å²) in [4.78, 5) is 22.7. The Kier molecular flexibility index (Phi) is 4.91. The van der Waals surface area contributed by atoms with Gasteiger partial charge in [0.2, 0.25) is 0 Å². The Labute approximate surface area is 169 Å². The van der Waals surface area contributed by atoms with Gasteiger partial charge in [-0.1, -0.05) is 13.8 Å². The van der Waals surface area contributed by atoms with Crippen LogP contribution in [0.3, 0.4) is 0 Å². The highest BCUT2D eigenvalue weighted by Crippen LogP contribution is 2.43. The first-order chi connectivity index (χ1) is 13.3. The molecule has 0 bridgehead atoms. The summed E-state index contributed by atoms with van der Waals surface area (Å²) in [6, 6.07) is 4.38. The number of ketones is 1. The Bertz CT molecular complexity index is 1030. The van der Waals surface area contributed by atoms with Crippen LogP contribution in [0.1, 0.15) is 55.7 Å². The van der Waals surface area contributed by atoms with E-state index in [1.54, 1.807) is 11.3 Å². The maximum atomic E-state index is 12.2. The highest BCUT2D eigenvalue weighted by atomic mass is 32.1. The number of fused-ring (bicyclic) bond motifs is 3. The van der Waals surface area contributed by atoms with E-state index >= 15 is 0 Å². The number of carbonyl (C=O) groups excluding carboxylic acids is 1. The molecule has 0 N–H and O–H groups in total. The predicted octanol–water partition coefficient (Wildman–Crippen LogP) is 4.82. The van der Waals surface area contributed by atoms with Gasteiger partial charge in [0.1, 0.15) is 10.8 Å². The van der Waals surface area contributed by atoms with Gasteiger partial charge in [0.25, 0.3) is 0 Å². The number of Topliss-reactive ketones (excluding diaryl/α,β-unsaturated/α-hetero) is 1. The number of aromatic nitrogens is 4. The van der Waals surface area contributed by atoms with Crippen LogP contribution in [0.25, 0.3) is 21.8 Å². The van der Waals surface area contributed by atoms with E-state index in [4.69, 9.17) is 10.1 Å². The van der Waals surface area contributed by atoms with E-state index in [1.165, 1.54) is 16.1 Å². The SMILES string of the molecule is Cc1ccc(-c2nn(C(C)C)c3c2CCc2nc(CC(=O)C(C)C)sc2-3)cn1. The fourth-order valence-corrected chi connectivity index (χ4v) is 4.77. The van der Waals surface area contributed by atoms with Crippen LogP contribution in [-0.4, -0.2) is 25.5 Å². The second-order valence-corrected chi connectivity index (χ2v) is 9.17. The van der Waals surface area contributed by atoms with Crippen LogP contribution in [0.2, 0.25) is 0 Å². The number of hydrogen-bond donors (Lipinski definition) is 0. The zero-order valence-electron chi connectivity index (χ0n) is 17.1. The molecule has 28 heavy (non-hydrogen) atoms. The summed E-state index contributed by atoms with van der Waals surface area (Å²) in [5.41, 5.74) is 6.65. The van der Waals surface area contributed by atoms with E-state index in [0.717, 1.165) is 40.5 Å². The number of rotatable bonds is 5. The lowest BCUT2D eigenvalue weighted by Crippen LogP contribution is -2.10. The van der Waals surface area contributed by atoms with Crippen LogP contribution in [-0.2, 0) is 24.1 Å².